The Labute approximate surface area is 123 Å². The third kappa shape index (κ3) is 3.78. The molecule has 2 aromatic rings. The summed E-state index contributed by atoms with van der Waals surface area (Å²) in [4.78, 5) is 2.98. The van der Waals surface area contributed by atoms with Crippen LogP contribution in [-0.2, 0) is 12.7 Å². The molecule has 1 N–H and O–H groups in total. The maximum Gasteiger partial charge on any atom is 0.427 e. The molecule has 0 aliphatic carbocycles. The fourth-order valence-electron chi connectivity index (χ4n) is 1.66. The molecule has 0 aliphatic rings. The summed E-state index contributed by atoms with van der Waals surface area (Å²) < 4.78 is 47.7. The van der Waals surface area contributed by atoms with E-state index in [1.54, 1.807) is 18.2 Å². The average molecular weight is 318 g/mol. The molecule has 0 spiro atoms. The van der Waals surface area contributed by atoms with Gasteiger partial charge in [0, 0.05) is 6.54 Å². The zero-order valence-electron chi connectivity index (χ0n) is 11.3. The molecule has 4 nitrogen and oxygen atoms in total. The summed E-state index contributed by atoms with van der Waals surface area (Å²) in [6, 6.07) is 5.29. The van der Waals surface area contributed by atoms with E-state index in [1.807, 2.05) is 0 Å². The summed E-state index contributed by atoms with van der Waals surface area (Å²) in [5.74, 6) is 1.15. The Morgan fingerprint density at radius 3 is 2.48 bits per heavy atom. The van der Waals surface area contributed by atoms with Crippen molar-refractivity contribution in [1.29, 1.82) is 0 Å². The lowest BCUT2D eigenvalue weighted by Gasteiger charge is -2.09. The highest BCUT2D eigenvalue weighted by Crippen LogP contribution is 2.35. The van der Waals surface area contributed by atoms with Gasteiger partial charge >= 0.3 is 6.18 Å². The van der Waals surface area contributed by atoms with Gasteiger partial charge in [-0.1, -0.05) is 17.4 Å². The van der Waals surface area contributed by atoms with Crippen molar-refractivity contribution in [1.82, 2.24) is 4.98 Å². The van der Waals surface area contributed by atoms with Gasteiger partial charge in [-0.3, -0.25) is 0 Å². The van der Waals surface area contributed by atoms with Crippen molar-refractivity contribution in [2.24, 2.45) is 0 Å². The van der Waals surface area contributed by atoms with E-state index in [2.05, 4.69) is 10.3 Å². The second kappa shape index (κ2) is 6.21. The highest BCUT2D eigenvalue weighted by atomic mass is 32.1. The van der Waals surface area contributed by atoms with Gasteiger partial charge in [-0.2, -0.15) is 13.2 Å². The Hall–Kier alpha value is -1.96. The summed E-state index contributed by atoms with van der Waals surface area (Å²) >= 11 is 0.574. The SMILES string of the molecule is COc1ccc(CNc2ncc(C(F)(F)F)s2)cc1OC. The fraction of sp³-hybridized carbons (Fsp3) is 0.308. The average Bonchev–Trinajstić information content (AvgIpc) is 2.93. The van der Waals surface area contributed by atoms with E-state index < -0.39 is 11.1 Å². The maximum atomic E-state index is 12.5. The predicted molar refractivity (Wildman–Crippen MR) is 74.0 cm³/mol. The molecule has 0 amide bonds. The third-order valence-corrected chi connectivity index (χ3v) is 3.68. The van der Waals surface area contributed by atoms with Crippen LogP contribution in [0.15, 0.2) is 24.4 Å². The van der Waals surface area contributed by atoms with Crippen molar-refractivity contribution in [2.75, 3.05) is 19.5 Å². The molecule has 0 atom stereocenters. The second-order valence-electron chi connectivity index (χ2n) is 4.07. The van der Waals surface area contributed by atoms with Crippen LogP contribution < -0.4 is 14.8 Å². The Kier molecular flexibility index (Phi) is 4.56. The standard InChI is InChI=1S/C13H13F3N2O2S/c1-19-9-4-3-8(5-10(9)20-2)6-17-12-18-7-11(21-12)13(14,15)16/h3-5,7H,6H2,1-2H3,(H,17,18). The van der Waals surface area contributed by atoms with E-state index in [1.165, 1.54) is 14.2 Å². The molecule has 1 aromatic heterocycles. The van der Waals surface area contributed by atoms with Gasteiger partial charge in [-0.05, 0) is 17.7 Å². The van der Waals surface area contributed by atoms with Crippen molar-refractivity contribution in [3.63, 3.8) is 0 Å². The molecule has 0 aliphatic heterocycles. The van der Waals surface area contributed by atoms with Crippen LogP contribution in [-0.4, -0.2) is 19.2 Å². The quantitative estimate of drug-likeness (QED) is 0.911. The summed E-state index contributed by atoms with van der Waals surface area (Å²) in [6.07, 6.45) is -3.54. The number of benzene rings is 1. The van der Waals surface area contributed by atoms with E-state index in [4.69, 9.17) is 9.47 Å². The number of aromatic nitrogens is 1. The van der Waals surface area contributed by atoms with Gasteiger partial charge in [0.15, 0.2) is 16.6 Å². The van der Waals surface area contributed by atoms with Gasteiger partial charge in [0.25, 0.3) is 0 Å². The van der Waals surface area contributed by atoms with Crippen LogP contribution in [0.3, 0.4) is 0 Å². The molecule has 0 bridgehead atoms. The number of anilines is 1. The van der Waals surface area contributed by atoms with Crippen LogP contribution >= 0.6 is 11.3 Å². The van der Waals surface area contributed by atoms with Gasteiger partial charge in [0.05, 0.1) is 20.4 Å². The number of hydrogen-bond donors (Lipinski definition) is 1. The number of hydrogen-bond acceptors (Lipinski definition) is 5. The minimum absolute atomic E-state index is 0.220. The van der Waals surface area contributed by atoms with Crippen LogP contribution in [0, 0.1) is 0 Å². The predicted octanol–water partition coefficient (Wildman–Crippen LogP) is 3.79. The second-order valence-corrected chi connectivity index (χ2v) is 5.10. The van der Waals surface area contributed by atoms with Crippen LogP contribution in [0.2, 0.25) is 0 Å². The summed E-state index contributed by atoms with van der Waals surface area (Å²) in [6.45, 7) is 0.338. The minimum atomic E-state index is -4.36. The number of nitrogens with one attached hydrogen (secondary N) is 1. The number of rotatable bonds is 5. The van der Waals surface area contributed by atoms with Gasteiger partial charge in [0.2, 0.25) is 0 Å². The summed E-state index contributed by atoms with van der Waals surface area (Å²) in [5, 5.41) is 3.07. The van der Waals surface area contributed by atoms with Gasteiger partial charge < -0.3 is 14.8 Å². The lowest BCUT2D eigenvalue weighted by molar-refractivity contribution is -0.134. The zero-order valence-corrected chi connectivity index (χ0v) is 12.1. The number of ether oxygens (including phenoxy) is 2. The maximum absolute atomic E-state index is 12.5. The topological polar surface area (TPSA) is 43.4 Å². The Morgan fingerprint density at radius 1 is 1.19 bits per heavy atom. The highest BCUT2D eigenvalue weighted by Gasteiger charge is 2.33. The van der Waals surface area contributed by atoms with Crippen molar-refractivity contribution >= 4 is 16.5 Å². The normalized spacial score (nSPS) is 11.3. The molecule has 114 valence electrons. The van der Waals surface area contributed by atoms with Gasteiger partial charge in [-0.25, -0.2) is 4.98 Å². The fourth-order valence-corrected chi connectivity index (χ4v) is 2.33. The van der Waals surface area contributed by atoms with E-state index >= 15 is 0 Å². The van der Waals surface area contributed by atoms with E-state index in [9.17, 15) is 13.2 Å². The lowest BCUT2D eigenvalue weighted by Crippen LogP contribution is -2.01. The molecular formula is C13H13F3N2O2S. The van der Waals surface area contributed by atoms with Crippen molar-refractivity contribution < 1.29 is 22.6 Å². The number of alkyl halides is 3. The number of halogens is 3. The van der Waals surface area contributed by atoms with E-state index in [0.29, 0.717) is 29.4 Å². The van der Waals surface area contributed by atoms with Crippen molar-refractivity contribution in [3.8, 4) is 11.5 Å². The first-order valence-corrected chi connectivity index (χ1v) is 6.73. The number of nitrogens with zero attached hydrogens (tertiary/aromatic N) is 1. The smallest absolute Gasteiger partial charge is 0.427 e. The Morgan fingerprint density at radius 2 is 1.90 bits per heavy atom. The first-order valence-electron chi connectivity index (χ1n) is 5.92. The molecule has 1 heterocycles. The minimum Gasteiger partial charge on any atom is -0.493 e. The van der Waals surface area contributed by atoms with Gasteiger partial charge in [0.1, 0.15) is 4.88 Å². The lowest BCUT2D eigenvalue weighted by atomic mass is 10.2. The number of thiazole rings is 1. The molecule has 8 heteroatoms. The molecule has 0 saturated carbocycles. The highest BCUT2D eigenvalue weighted by molar-refractivity contribution is 7.15. The van der Waals surface area contributed by atoms with Crippen LogP contribution in [0.5, 0.6) is 11.5 Å². The molecular weight excluding hydrogens is 305 g/mol. The van der Waals surface area contributed by atoms with Crippen LogP contribution in [0.25, 0.3) is 0 Å². The van der Waals surface area contributed by atoms with Crippen molar-refractivity contribution in [3.05, 3.63) is 34.8 Å². The van der Waals surface area contributed by atoms with Gasteiger partial charge in [-0.15, -0.1) is 0 Å². The molecule has 0 unspecified atom stereocenters. The van der Waals surface area contributed by atoms with Crippen molar-refractivity contribution in [2.45, 2.75) is 12.7 Å². The van der Waals surface area contributed by atoms with E-state index in [0.717, 1.165) is 11.8 Å². The molecule has 0 saturated heterocycles. The van der Waals surface area contributed by atoms with Crippen LogP contribution in [0.4, 0.5) is 18.3 Å². The van der Waals surface area contributed by atoms with Crippen LogP contribution in [0.1, 0.15) is 10.4 Å². The first kappa shape index (κ1) is 15.4. The first-order chi connectivity index (χ1) is 9.94. The molecule has 21 heavy (non-hydrogen) atoms. The summed E-state index contributed by atoms with van der Waals surface area (Å²) in [7, 11) is 3.05. The number of methoxy groups -OCH3 is 2. The Bertz CT molecular complexity index is 614. The molecule has 0 fully saturated rings. The largest absolute Gasteiger partial charge is 0.493 e. The molecule has 1 aromatic carbocycles. The van der Waals surface area contributed by atoms with E-state index in [-0.39, 0.29) is 5.13 Å². The zero-order chi connectivity index (χ0) is 15.5. The molecule has 2 rings (SSSR count). The Balaban J connectivity index is 2.04. The summed E-state index contributed by atoms with van der Waals surface area (Å²) in [5.41, 5.74) is 0.844. The molecule has 0 radical (unpaired) electrons. The monoisotopic (exact) mass is 318 g/mol. The third-order valence-electron chi connectivity index (χ3n) is 2.68.